The fraction of sp³-hybridized carbons (Fsp3) is 0.286. The van der Waals surface area contributed by atoms with E-state index in [9.17, 15) is 22.8 Å². The van der Waals surface area contributed by atoms with Crippen LogP contribution in [0.1, 0.15) is 29.3 Å². The SMILES string of the molecule is C=C(C)C[C@@H](NC(=O)c1cccc(C(F)(F)F)c1)C(N)=O. The molecular weight excluding hydrogens is 285 g/mol. The molecule has 7 heteroatoms. The topological polar surface area (TPSA) is 72.2 Å². The van der Waals surface area contributed by atoms with Gasteiger partial charge in [-0.05, 0) is 31.5 Å². The van der Waals surface area contributed by atoms with Crippen molar-refractivity contribution in [2.75, 3.05) is 0 Å². The quantitative estimate of drug-likeness (QED) is 0.819. The summed E-state index contributed by atoms with van der Waals surface area (Å²) in [5.74, 6) is -1.58. The molecule has 1 aromatic rings. The van der Waals surface area contributed by atoms with Crippen LogP contribution in [0.2, 0.25) is 0 Å². The summed E-state index contributed by atoms with van der Waals surface area (Å²) in [6.45, 7) is 5.24. The first-order chi connectivity index (χ1) is 9.61. The fourth-order valence-electron chi connectivity index (χ4n) is 1.65. The molecule has 0 aromatic heterocycles. The summed E-state index contributed by atoms with van der Waals surface area (Å²) in [5.41, 5.74) is 4.61. The first-order valence-electron chi connectivity index (χ1n) is 6.03. The summed E-state index contributed by atoms with van der Waals surface area (Å²) in [6.07, 6.45) is -4.42. The van der Waals surface area contributed by atoms with E-state index < -0.39 is 29.6 Å². The highest BCUT2D eigenvalue weighted by Gasteiger charge is 2.31. The maximum Gasteiger partial charge on any atom is 0.416 e. The predicted octanol–water partition coefficient (Wildman–Crippen LogP) is 2.26. The summed E-state index contributed by atoms with van der Waals surface area (Å²) >= 11 is 0. The van der Waals surface area contributed by atoms with Crippen LogP contribution in [0, 0.1) is 0 Å². The van der Waals surface area contributed by atoms with Crippen LogP contribution >= 0.6 is 0 Å². The molecule has 114 valence electrons. The van der Waals surface area contributed by atoms with Gasteiger partial charge in [0.05, 0.1) is 5.56 Å². The summed E-state index contributed by atoms with van der Waals surface area (Å²) in [7, 11) is 0. The highest BCUT2D eigenvalue weighted by atomic mass is 19.4. The van der Waals surface area contributed by atoms with Gasteiger partial charge in [0.2, 0.25) is 5.91 Å². The van der Waals surface area contributed by atoms with Gasteiger partial charge in [-0.25, -0.2) is 0 Å². The van der Waals surface area contributed by atoms with Gasteiger partial charge in [-0.1, -0.05) is 11.6 Å². The van der Waals surface area contributed by atoms with Crippen LogP contribution in [0.25, 0.3) is 0 Å². The average Bonchev–Trinajstić information content (AvgIpc) is 2.36. The van der Waals surface area contributed by atoms with Gasteiger partial charge in [-0.3, -0.25) is 9.59 Å². The number of carbonyl (C=O) groups is 2. The van der Waals surface area contributed by atoms with Gasteiger partial charge in [0.15, 0.2) is 0 Å². The molecule has 0 aliphatic heterocycles. The van der Waals surface area contributed by atoms with E-state index in [-0.39, 0.29) is 12.0 Å². The maximum atomic E-state index is 12.6. The van der Waals surface area contributed by atoms with Crippen molar-refractivity contribution in [3.63, 3.8) is 0 Å². The highest BCUT2D eigenvalue weighted by Crippen LogP contribution is 2.29. The average molecular weight is 300 g/mol. The minimum atomic E-state index is -4.54. The minimum Gasteiger partial charge on any atom is -0.368 e. The van der Waals surface area contributed by atoms with Crippen molar-refractivity contribution >= 4 is 11.8 Å². The zero-order valence-electron chi connectivity index (χ0n) is 11.3. The van der Waals surface area contributed by atoms with E-state index in [0.29, 0.717) is 11.6 Å². The number of alkyl halides is 3. The lowest BCUT2D eigenvalue weighted by Gasteiger charge is -2.16. The van der Waals surface area contributed by atoms with Crippen LogP contribution in [0.3, 0.4) is 0 Å². The number of benzene rings is 1. The van der Waals surface area contributed by atoms with Crippen molar-refractivity contribution in [2.45, 2.75) is 25.6 Å². The number of carbonyl (C=O) groups excluding carboxylic acids is 2. The first-order valence-corrected chi connectivity index (χ1v) is 6.03. The Kier molecular flexibility index (Phi) is 5.12. The molecule has 0 unspecified atom stereocenters. The third kappa shape index (κ3) is 4.94. The molecule has 0 aliphatic rings. The van der Waals surface area contributed by atoms with E-state index in [1.165, 1.54) is 6.07 Å². The summed E-state index contributed by atoms with van der Waals surface area (Å²) < 4.78 is 37.7. The van der Waals surface area contributed by atoms with E-state index in [4.69, 9.17) is 5.73 Å². The summed E-state index contributed by atoms with van der Waals surface area (Å²) in [4.78, 5) is 23.1. The van der Waals surface area contributed by atoms with Gasteiger partial charge in [-0.2, -0.15) is 13.2 Å². The molecule has 2 amide bonds. The van der Waals surface area contributed by atoms with Crippen molar-refractivity contribution in [3.05, 3.63) is 47.5 Å². The summed E-state index contributed by atoms with van der Waals surface area (Å²) in [6, 6.07) is 2.91. The van der Waals surface area contributed by atoms with Crippen LogP contribution in [-0.4, -0.2) is 17.9 Å². The Morgan fingerprint density at radius 1 is 1.38 bits per heavy atom. The molecule has 3 N–H and O–H groups in total. The molecule has 1 atom stereocenters. The standard InChI is InChI=1S/C14H15F3N2O2/c1-8(2)6-11(12(18)20)19-13(21)9-4-3-5-10(7-9)14(15,16)17/h3-5,7,11H,1,6H2,2H3,(H2,18,20)(H,19,21)/t11-/m1/s1. The van der Waals surface area contributed by atoms with Crippen LogP contribution in [0.5, 0.6) is 0 Å². The number of hydrogen-bond acceptors (Lipinski definition) is 2. The second-order valence-electron chi connectivity index (χ2n) is 4.67. The van der Waals surface area contributed by atoms with Gasteiger partial charge in [0.25, 0.3) is 5.91 Å². The van der Waals surface area contributed by atoms with E-state index in [1.54, 1.807) is 6.92 Å². The third-order valence-corrected chi connectivity index (χ3v) is 2.65. The fourth-order valence-corrected chi connectivity index (χ4v) is 1.65. The number of halogens is 3. The van der Waals surface area contributed by atoms with Crippen molar-refractivity contribution < 1.29 is 22.8 Å². The van der Waals surface area contributed by atoms with Crippen molar-refractivity contribution in [1.29, 1.82) is 0 Å². The van der Waals surface area contributed by atoms with E-state index in [0.717, 1.165) is 12.1 Å². The number of nitrogens with one attached hydrogen (secondary N) is 1. The molecule has 0 spiro atoms. The van der Waals surface area contributed by atoms with Crippen LogP contribution < -0.4 is 11.1 Å². The molecule has 21 heavy (non-hydrogen) atoms. The normalized spacial score (nSPS) is 12.6. The Morgan fingerprint density at radius 3 is 2.48 bits per heavy atom. The predicted molar refractivity (Wildman–Crippen MR) is 71.3 cm³/mol. The monoisotopic (exact) mass is 300 g/mol. The lowest BCUT2D eigenvalue weighted by atomic mass is 10.1. The summed E-state index contributed by atoms with van der Waals surface area (Å²) in [5, 5.41) is 2.30. The molecule has 0 aliphatic carbocycles. The molecule has 0 saturated carbocycles. The third-order valence-electron chi connectivity index (χ3n) is 2.65. The highest BCUT2D eigenvalue weighted by molar-refractivity contribution is 5.97. The molecule has 0 fully saturated rings. The Bertz CT molecular complexity index is 568. The largest absolute Gasteiger partial charge is 0.416 e. The molecular formula is C14H15F3N2O2. The van der Waals surface area contributed by atoms with Gasteiger partial charge in [0, 0.05) is 5.56 Å². The lowest BCUT2D eigenvalue weighted by molar-refractivity contribution is -0.137. The number of hydrogen-bond donors (Lipinski definition) is 2. The van der Waals surface area contributed by atoms with Gasteiger partial charge < -0.3 is 11.1 Å². The first kappa shape index (κ1) is 16.7. The van der Waals surface area contributed by atoms with Crippen molar-refractivity contribution in [3.8, 4) is 0 Å². The Labute approximate surface area is 119 Å². The zero-order valence-corrected chi connectivity index (χ0v) is 11.3. The molecule has 4 nitrogen and oxygen atoms in total. The van der Waals surface area contributed by atoms with Gasteiger partial charge in [-0.15, -0.1) is 6.58 Å². The Hall–Kier alpha value is -2.31. The minimum absolute atomic E-state index is 0.125. The molecule has 0 saturated heterocycles. The molecule has 0 heterocycles. The second-order valence-corrected chi connectivity index (χ2v) is 4.67. The molecule has 1 aromatic carbocycles. The smallest absolute Gasteiger partial charge is 0.368 e. The Balaban J connectivity index is 2.93. The van der Waals surface area contributed by atoms with E-state index in [1.807, 2.05) is 0 Å². The molecule has 0 radical (unpaired) electrons. The van der Waals surface area contributed by atoms with Crippen LogP contribution in [-0.2, 0) is 11.0 Å². The second kappa shape index (κ2) is 6.43. The van der Waals surface area contributed by atoms with E-state index in [2.05, 4.69) is 11.9 Å². The number of nitrogens with two attached hydrogens (primary N) is 1. The van der Waals surface area contributed by atoms with Gasteiger partial charge in [0.1, 0.15) is 6.04 Å². The van der Waals surface area contributed by atoms with Gasteiger partial charge >= 0.3 is 6.18 Å². The Morgan fingerprint density at radius 2 is 2.00 bits per heavy atom. The molecule has 1 rings (SSSR count). The van der Waals surface area contributed by atoms with Crippen molar-refractivity contribution in [1.82, 2.24) is 5.32 Å². The number of primary amides is 1. The van der Waals surface area contributed by atoms with Crippen LogP contribution in [0.4, 0.5) is 13.2 Å². The zero-order chi connectivity index (χ0) is 16.2. The number of amides is 2. The lowest BCUT2D eigenvalue weighted by Crippen LogP contribution is -2.44. The van der Waals surface area contributed by atoms with Crippen LogP contribution in [0.15, 0.2) is 36.4 Å². The maximum absolute atomic E-state index is 12.6. The number of rotatable bonds is 5. The van der Waals surface area contributed by atoms with Crippen molar-refractivity contribution in [2.24, 2.45) is 5.73 Å². The van der Waals surface area contributed by atoms with E-state index >= 15 is 0 Å². The molecule has 0 bridgehead atoms.